The number of nitrogens with zero attached hydrogens (tertiary/aromatic N) is 2. The van der Waals surface area contributed by atoms with Crippen LogP contribution in [0.1, 0.15) is 18.4 Å². The van der Waals surface area contributed by atoms with Crippen molar-refractivity contribution in [2.45, 2.75) is 25.4 Å². The van der Waals surface area contributed by atoms with Gasteiger partial charge in [-0.3, -0.25) is 4.79 Å². The fourth-order valence-electron chi connectivity index (χ4n) is 2.41. The standard InChI is InChI=1S/C15H18N2O2/c16-10-13(9-12-5-2-1-3-6-12)15(19)17-8-4-7-14(18)11-17/h1-3,5-6,13-14,18H,4,7-9,11H2/t13?,14-/m0/s1. The van der Waals surface area contributed by atoms with Gasteiger partial charge in [0.05, 0.1) is 12.2 Å². The summed E-state index contributed by atoms with van der Waals surface area (Å²) in [6.45, 7) is 0.995. The van der Waals surface area contributed by atoms with Crippen LogP contribution in [0.4, 0.5) is 0 Å². The maximum absolute atomic E-state index is 12.3. The number of piperidine rings is 1. The van der Waals surface area contributed by atoms with Crippen molar-refractivity contribution < 1.29 is 9.90 Å². The molecule has 1 aliphatic heterocycles. The van der Waals surface area contributed by atoms with Crippen molar-refractivity contribution >= 4 is 5.91 Å². The molecule has 1 N–H and O–H groups in total. The van der Waals surface area contributed by atoms with Gasteiger partial charge < -0.3 is 10.0 Å². The number of nitriles is 1. The van der Waals surface area contributed by atoms with Crippen molar-refractivity contribution in [2.24, 2.45) is 5.92 Å². The summed E-state index contributed by atoms with van der Waals surface area (Å²) in [6.07, 6.45) is 1.52. The summed E-state index contributed by atoms with van der Waals surface area (Å²) in [7, 11) is 0. The molecule has 1 unspecified atom stereocenters. The quantitative estimate of drug-likeness (QED) is 0.890. The van der Waals surface area contributed by atoms with Crippen LogP contribution in [0.25, 0.3) is 0 Å². The summed E-state index contributed by atoms with van der Waals surface area (Å²) in [4.78, 5) is 13.9. The summed E-state index contributed by atoms with van der Waals surface area (Å²) in [5.74, 6) is -0.821. The molecule has 4 heteroatoms. The van der Waals surface area contributed by atoms with E-state index in [2.05, 4.69) is 6.07 Å². The second-order valence-electron chi connectivity index (χ2n) is 4.95. The van der Waals surface area contributed by atoms with Gasteiger partial charge in [-0.15, -0.1) is 0 Å². The Morgan fingerprint density at radius 3 is 2.84 bits per heavy atom. The van der Waals surface area contributed by atoms with Crippen molar-refractivity contribution in [2.75, 3.05) is 13.1 Å². The van der Waals surface area contributed by atoms with Crippen LogP contribution in [0.5, 0.6) is 0 Å². The van der Waals surface area contributed by atoms with E-state index in [1.54, 1.807) is 4.90 Å². The Kier molecular flexibility index (Phi) is 4.53. The summed E-state index contributed by atoms with van der Waals surface area (Å²) >= 11 is 0. The van der Waals surface area contributed by atoms with Gasteiger partial charge in [-0.1, -0.05) is 30.3 Å². The Morgan fingerprint density at radius 1 is 1.47 bits per heavy atom. The lowest BCUT2D eigenvalue weighted by molar-refractivity contribution is -0.136. The topological polar surface area (TPSA) is 64.3 Å². The van der Waals surface area contributed by atoms with E-state index >= 15 is 0 Å². The fourth-order valence-corrected chi connectivity index (χ4v) is 2.41. The van der Waals surface area contributed by atoms with E-state index in [4.69, 9.17) is 0 Å². The number of benzene rings is 1. The predicted molar refractivity (Wildman–Crippen MR) is 71.1 cm³/mol. The van der Waals surface area contributed by atoms with Crippen molar-refractivity contribution in [3.8, 4) is 6.07 Å². The highest BCUT2D eigenvalue weighted by Gasteiger charge is 2.28. The highest BCUT2D eigenvalue weighted by Crippen LogP contribution is 2.16. The number of hydrogen-bond acceptors (Lipinski definition) is 3. The zero-order chi connectivity index (χ0) is 13.7. The molecule has 0 radical (unpaired) electrons. The molecular weight excluding hydrogens is 240 g/mol. The van der Waals surface area contributed by atoms with Crippen LogP contribution in [0.15, 0.2) is 30.3 Å². The number of aliphatic hydroxyl groups is 1. The number of hydrogen-bond donors (Lipinski definition) is 1. The van der Waals surface area contributed by atoms with Gasteiger partial charge in [-0.05, 0) is 24.8 Å². The minimum Gasteiger partial charge on any atom is -0.391 e. The monoisotopic (exact) mass is 258 g/mol. The van der Waals surface area contributed by atoms with Gasteiger partial charge in [0.25, 0.3) is 0 Å². The zero-order valence-electron chi connectivity index (χ0n) is 10.8. The van der Waals surface area contributed by atoms with Gasteiger partial charge in [0.1, 0.15) is 5.92 Å². The molecule has 1 aromatic carbocycles. The van der Waals surface area contributed by atoms with E-state index in [1.807, 2.05) is 30.3 Å². The fraction of sp³-hybridized carbons (Fsp3) is 0.467. The molecule has 0 aliphatic carbocycles. The largest absolute Gasteiger partial charge is 0.391 e. The third-order valence-electron chi connectivity index (χ3n) is 3.44. The van der Waals surface area contributed by atoms with Crippen molar-refractivity contribution in [3.05, 3.63) is 35.9 Å². The molecule has 0 bridgehead atoms. The van der Waals surface area contributed by atoms with Crippen LogP contribution >= 0.6 is 0 Å². The Morgan fingerprint density at radius 2 is 2.21 bits per heavy atom. The van der Waals surface area contributed by atoms with Crippen LogP contribution < -0.4 is 0 Å². The number of β-amino-alcohol motifs (C(OH)–C–C–N with tert-alkyl or cyclic N) is 1. The van der Waals surface area contributed by atoms with Crippen LogP contribution in [-0.2, 0) is 11.2 Å². The van der Waals surface area contributed by atoms with E-state index in [0.29, 0.717) is 19.5 Å². The smallest absolute Gasteiger partial charge is 0.240 e. The van der Waals surface area contributed by atoms with Crippen LogP contribution in [0, 0.1) is 17.2 Å². The first kappa shape index (κ1) is 13.6. The first-order valence-electron chi connectivity index (χ1n) is 6.61. The molecule has 100 valence electrons. The molecule has 1 aromatic rings. The van der Waals surface area contributed by atoms with Crippen molar-refractivity contribution in [1.82, 2.24) is 4.90 Å². The van der Waals surface area contributed by atoms with Gasteiger partial charge in [0.2, 0.25) is 5.91 Å². The molecule has 1 aliphatic rings. The third-order valence-corrected chi connectivity index (χ3v) is 3.44. The highest BCUT2D eigenvalue weighted by molar-refractivity contribution is 5.81. The van der Waals surface area contributed by atoms with Gasteiger partial charge in [-0.25, -0.2) is 0 Å². The average molecular weight is 258 g/mol. The predicted octanol–water partition coefficient (Wildman–Crippen LogP) is 1.35. The second kappa shape index (κ2) is 6.35. The first-order chi connectivity index (χ1) is 9.20. The van der Waals surface area contributed by atoms with Gasteiger partial charge >= 0.3 is 0 Å². The Bertz CT molecular complexity index is 467. The Balaban J connectivity index is 2.01. The van der Waals surface area contributed by atoms with E-state index < -0.39 is 12.0 Å². The normalized spacial score (nSPS) is 20.6. The van der Waals surface area contributed by atoms with E-state index in [-0.39, 0.29) is 5.91 Å². The van der Waals surface area contributed by atoms with Crippen LogP contribution in [-0.4, -0.2) is 35.1 Å². The summed E-state index contributed by atoms with van der Waals surface area (Å²) in [5, 5.41) is 18.8. The molecular formula is C15H18N2O2. The SMILES string of the molecule is N#CC(Cc1ccccc1)C(=O)N1CCC[C@H](O)C1. The Labute approximate surface area is 113 Å². The molecule has 2 rings (SSSR count). The zero-order valence-corrected chi connectivity index (χ0v) is 10.8. The minimum atomic E-state index is -0.660. The van der Waals surface area contributed by atoms with Crippen molar-refractivity contribution in [3.63, 3.8) is 0 Å². The first-order valence-corrected chi connectivity index (χ1v) is 6.61. The maximum atomic E-state index is 12.3. The lowest BCUT2D eigenvalue weighted by Crippen LogP contribution is -2.45. The Hall–Kier alpha value is -1.86. The number of rotatable bonds is 3. The summed E-state index contributed by atoms with van der Waals surface area (Å²) in [5.41, 5.74) is 0.986. The lowest BCUT2D eigenvalue weighted by Gasteiger charge is -2.31. The number of aliphatic hydroxyl groups excluding tert-OH is 1. The third kappa shape index (κ3) is 3.55. The number of likely N-dealkylation sites (tertiary alicyclic amines) is 1. The molecule has 0 saturated carbocycles. The van der Waals surface area contributed by atoms with E-state index in [1.165, 1.54) is 0 Å². The molecule has 1 heterocycles. The molecule has 4 nitrogen and oxygen atoms in total. The molecule has 1 saturated heterocycles. The lowest BCUT2D eigenvalue weighted by atomic mass is 9.98. The molecule has 19 heavy (non-hydrogen) atoms. The summed E-state index contributed by atoms with van der Waals surface area (Å²) < 4.78 is 0. The summed E-state index contributed by atoms with van der Waals surface area (Å²) in [6, 6.07) is 11.6. The minimum absolute atomic E-state index is 0.162. The molecule has 0 aromatic heterocycles. The average Bonchev–Trinajstić information content (AvgIpc) is 2.45. The van der Waals surface area contributed by atoms with Gasteiger partial charge in [0, 0.05) is 13.1 Å². The highest BCUT2D eigenvalue weighted by atomic mass is 16.3. The molecule has 0 spiro atoms. The molecule has 2 atom stereocenters. The van der Waals surface area contributed by atoms with Crippen LogP contribution in [0.3, 0.4) is 0 Å². The van der Waals surface area contributed by atoms with Crippen LogP contribution in [0.2, 0.25) is 0 Å². The van der Waals surface area contributed by atoms with Gasteiger partial charge in [0.15, 0.2) is 0 Å². The molecule has 1 fully saturated rings. The van der Waals surface area contributed by atoms with E-state index in [9.17, 15) is 15.2 Å². The van der Waals surface area contributed by atoms with Gasteiger partial charge in [-0.2, -0.15) is 5.26 Å². The van der Waals surface area contributed by atoms with E-state index in [0.717, 1.165) is 18.4 Å². The number of carbonyl (C=O) groups excluding carboxylic acids is 1. The number of amides is 1. The molecule has 1 amide bonds. The maximum Gasteiger partial charge on any atom is 0.240 e. The second-order valence-corrected chi connectivity index (χ2v) is 4.95. The van der Waals surface area contributed by atoms with Crippen molar-refractivity contribution in [1.29, 1.82) is 5.26 Å². The number of carbonyl (C=O) groups is 1.